The van der Waals surface area contributed by atoms with Crippen LogP contribution in [0.1, 0.15) is 35.6 Å². The third-order valence-corrected chi connectivity index (χ3v) is 4.09. The van der Waals surface area contributed by atoms with Crippen LogP contribution in [-0.4, -0.2) is 11.7 Å². The van der Waals surface area contributed by atoms with Crippen LogP contribution in [0.25, 0.3) is 0 Å². The van der Waals surface area contributed by atoms with Gasteiger partial charge in [0.15, 0.2) is 0 Å². The quantitative estimate of drug-likeness (QED) is 0.891. The molecule has 3 heteroatoms. The van der Waals surface area contributed by atoms with E-state index in [1.54, 1.807) is 0 Å². The normalized spacial score (nSPS) is 18.2. The SMILES string of the molecule is CC(NCC1Cc2ccccc21)c1cc(F)ccc1O. The van der Waals surface area contributed by atoms with Gasteiger partial charge in [0.25, 0.3) is 0 Å². The second-order valence-corrected chi connectivity index (χ2v) is 5.43. The van der Waals surface area contributed by atoms with E-state index >= 15 is 0 Å². The van der Waals surface area contributed by atoms with Gasteiger partial charge in [0, 0.05) is 24.1 Å². The Hall–Kier alpha value is -1.87. The summed E-state index contributed by atoms with van der Waals surface area (Å²) in [4.78, 5) is 0. The van der Waals surface area contributed by atoms with Gasteiger partial charge >= 0.3 is 0 Å². The predicted molar refractivity (Wildman–Crippen MR) is 77.4 cm³/mol. The summed E-state index contributed by atoms with van der Waals surface area (Å²) >= 11 is 0. The lowest BCUT2D eigenvalue weighted by Gasteiger charge is -2.31. The molecule has 2 N–H and O–H groups in total. The van der Waals surface area contributed by atoms with E-state index < -0.39 is 0 Å². The van der Waals surface area contributed by atoms with Gasteiger partial charge in [0.2, 0.25) is 0 Å². The molecule has 1 aliphatic rings. The largest absolute Gasteiger partial charge is 0.508 e. The van der Waals surface area contributed by atoms with Gasteiger partial charge < -0.3 is 10.4 Å². The number of aromatic hydroxyl groups is 1. The van der Waals surface area contributed by atoms with Gasteiger partial charge in [-0.1, -0.05) is 24.3 Å². The Morgan fingerprint density at radius 1 is 1.30 bits per heavy atom. The van der Waals surface area contributed by atoms with Crippen LogP contribution in [0.2, 0.25) is 0 Å². The maximum atomic E-state index is 13.2. The van der Waals surface area contributed by atoms with Crippen molar-refractivity contribution < 1.29 is 9.50 Å². The first-order valence-electron chi connectivity index (χ1n) is 6.94. The van der Waals surface area contributed by atoms with Crippen molar-refractivity contribution in [1.82, 2.24) is 5.32 Å². The molecule has 0 aromatic heterocycles. The molecule has 0 saturated heterocycles. The fourth-order valence-corrected chi connectivity index (χ4v) is 2.85. The van der Waals surface area contributed by atoms with Gasteiger partial charge in [-0.2, -0.15) is 0 Å². The second-order valence-electron chi connectivity index (χ2n) is 5.43. The molecule has 0 bridgehead atoms. The fraction of sp³-hybridized carbons (Fsp3) is 0.294. The van der Waals surface area contributed by atoms with Crippen molar-refractivity contribution in [2.75, 3.05) is 6.54 Å². The number of fused-ring (bicyclic) bond motifs is 1. The van der Waals surface area contributed by atoms with Crippen molar-refractivity contribution in [3.63, 3.8) is 0 Å². The lowest BCUT2D eigenvalue weighted by molar-refractivity contribution is 0.438. The van der Waals surface area contributed by atoms with E-state index in [9.17, 15) is 9.50 Å². The summed E-state index contributed by atoms with van der Waals surface area (Å²) in [6, 6.07) is 12.4. The molecule has 0 spiro atoms. The van der Waals surface area contributed by atoms with Crippen LogP contribution in [0, 0.1) is 5.82 Å². The number of hydrogen-bond acceptors (Lipinski definition) is 2. The van der Waals surface area contributed by atoms with E-state index in [1.807, 2.05) is 6.92 Å². The number of rotatable bonds is 4. The van der Waals surface area contributed by atoms with E-state index in [1.165, 1.54) is 29.3 Å². The van der Waals surface area contributed by atoms with Crippen LogP contribution in [0.4, 0.5) is 4.39 Å². The molecule has 2 aromatic rings. The Bertz CT molecular complexity index is 626. The first-order chi connectivity index (χ1) is 9.65. The van der Waals surface area contributed by atoms with Crippen LogP contribution in [0.15, 0.2) is 42.5 Å². The maximum absolute atomic E-state index is 13.2. The number of benzene rings is 2. The van der Waals surface area contributed by atoms with Crippen molar-refractivity contribution in [3.8, 4) is 5.75 Å². The summed E-state index contributed by atoms with van der Waals surface area (Å²) in [5, 5.41) is 13.2. The molecule has 3 rings (SSSR count). The van der Waals surface area contributed by atoms with Gasteiger partial charge in [-0.25, -0.2) is 4.39 Å². The molecular weight excluding hydrogens is 253 g/mol. The molecule has 0 saturated carbocycles. The first-order valence-corrected chi connectivity index (χ1v) is 6.94. The predicted octanol–water partition coefficient (Wildman–Crippen LogP) is 3.52. The lowest BCUT2D eigenvalue weighted by atomic mass is 9.77. The molecule has 0 amide bonds. The van der Waals surface area contributed by atoms with E-state index in [-0.39, 0.29) is 17.6 Å². The minimum atomic E-state index is -0.319. The van der Waals surface area contributed by atoms with Gasteiger partial charge in [-0.15, -0.1) is 0 Å². The third kappa shape index (κ3) is 2.41. The molecule has 20 heavy (non-hydrogen) atoms. The van der Waals surface area contributed by atoms with Gasteiger partial charge in [0.1, 0.15) is 11.6 Å². The Kier molecular flexibility index (Phi) is 3.45. The molecule has 2 unspecified atom stereocenters. The molecule has 2 atom stereocenters. The highest BCUT2D eigenvalue weighted by Crippen LogP contribution is 2.35. The summed E-state index contributed by atoms with van der Waals surface area (Å²) in [7, 11) is 0. The first kappa shape index (κ1) is 13.1. The molecule has 2 nitrogen and oxygen atoms in total. The summed E-state index contributed by atoms with van der Waals surface area (Å²) < 4.78 is 13.2. The topological polar surface area (TPSA) is 32.3 Å². The zero-order valence-corrected chi connectivity index (χ0v) is 11.4. The van der Waals surface area contributed by atoms with E-state index in [2.05, 4.69) is 29.6 Å². The number of phenols is 1. The highest BCUT2D eigenvalue weighted by atomic mass is 19.1. The zero-order valence-electron chi connectivity index (χ0n) is 11.4. The van der Waals surface area contributed by atoms with Gasteiger partial charge in [-0.3, -0.25) is 0 Å². The van der Waals surface area contributed by atoms with Crippen molar-refractivity contribution >= 4 is 0 Å². The Labute approximate surface area is 118 Å². The van der Waals surface area contributed by atoms with Crippen LogP contribution < -0.4 is 5.32 Å². The summed E-state index contributed by atoms with van der Waals surface area (Å²) in [5.41, 5.74) is 3.42. The highest BCUT2D eigenvalue weighted by Gasteiger charge is 2.25. The molecule has 0 aliphatic heterocycles. The second kappa shape index (κ2) is 5.25. The Balaban J connectivity index is 1.63. The van der Waals surface area contributed by atoms with Crippen LogP contribution in [0.3, 0.4) is 0 Å². The van der Waals surface area contributed by atoms with E-state index in [0.29, 0.717) is 11.5 Å². The minimum absolute atomic E-state index is 0.0709. The monoisotopic (exact) mass is 271 g/mol. The molecule has 0 heterocycles. The zero-order chi connectivity index (χ0) is 14.1. The van der Waals surface area contributed by atoms with Crippen molar-refractivity contribution in [2.45, 2.75) is 25.3 Å². The standard InChI is InChI=1S/C17H18FNO/c1-11(16-9-14(18)6-7-17(16)20)19-10-13-8-12-4-2-3-5-15(12)13/h2-7,9,11,13,19-20H,8,10H2,1H3. The summed E-state index contributed by atoms with van der Waals surface area (Å²) in [6.45, 7) is 2.78. The van der Waals surface area contributed by atoms with Crippen LogP contribution >= 0.6 is 0 Å². The summed E-state index contributed by atoms with van der Waals surface area (Å²) in [5.74, 6) is 0.338. The molecule has 1 aliphatic carbocycles. The fourth-order valence-electron chi connectivity index (χ4n) is 2.85. The molecule has 0 radical (unpaired) electrons. The van der Waals surface area contributed by atoms with Gasteiger partial charge in [0.05, 0.1) is 0 Å². The van der Waals surface area contributed by atoms with Crippen molar-refractivity contribution in [1.29, 1.82) is 0 Å². The lowest BCUT2D eigenvalue weighted by Crippen LogP contribution is -2.30. The summed E-state index contributed by atoms with van der Waals surface area (Å²) in [6.07, 6.45) is 1.09. The molecule has 0 fully saturated rings. The number of nitrogens with one attached hydrogen (secondary N) is 1. The van der Waals surface area contributed by atoms with Crippen LogP contribution in [-0.2, 0) is 6.42 Å². The maximum Gasteiger partial charge on any atom is 0.123 e. The number of halogens is 1. The average molecular weight is 271 g/mol. The minimum Gasteiger partial charge on any atom is -0.508 e. The smallest absolute Gasteiger partial charge is 0.123 e. The number of hydrogen-bond donors (Lipinski definition) is 2. The van der Waals surface area contributed by atoms with Crippen molar-refractivity contribution in [3.05, 3.63) is 65.0 Å². The average Bonchev–Trinajstić information content (AvgIpc) is 2.42. The van der Waals surface area contributed by atoms with Gasteiger partial charge in [-0.05, 0) is 42.7 Å². The third-order valence-electron chi connectivity index (χ3n) is 4.09. The van der Waals surface area contributed by atoms with Crippen LogP contribution in [0.5, 0.6) is 5.75 Å². The Morgan fingerprint density at radius 3 is 2.90 bits per heavy atom. The highest BCUT2D eigenvalue weighted by molar-refractivity contribution is 5.40. The molecular formula is C17H18FNO. The van der Waals surface area contributed by atoms with E-state index in [0.717, 1.165) is 13.0 Å². The number of phenolic OH excluding ortho intramolecular Hbond substituents is 1. The molecule has 104 valence electrons. The van der Waals surface area contributed by atoms with E-state index in [4.69, 9.17) is 0 Å². The Morgan fingerprint density at radius 2 is 2.10 bits per heavy atom. The van der Waals surface area contributed by atoms with Crippen molar-refractivity contribution in [2.24, 2.45) is 0 Å². The molecule has 2 aromatic carbocycles.